The first kappa shape index (κ1) is 22.8. The summed E-state index contributed by atoms with van der Waals surface area (Å²) < 4.78 is 0. The van der Waals surface area contributed by atoms with Crippen molar-refractivity contribution in [3.8, 4) is 0 Å². The largest absolute Gasteiger partial charge is 0.392 e. The van der Waals surface area contributed by atoms with E-state index in [1.165, 1.54) is 16.8 Å². The van der Waals surface area contributed by atoms with Crippen LogP contribution in [-0.4, -0.2) is 85.0 Å². The summed E-state index contributed by atoms with van der Waals surface area (Å²) in [7, 11) is 1.53. The van der Waals surface area contributed by atoms with Gasteiger partial charge >= 0.3 is 0 Å². The number of aliphatic hydroxyl groups excluding tert-OH is 2. The van der Waals surface area contributed by atoms with Gasteiger partial charge in [0.15, 0.2) is 9.74 Å². The zero-order valence-corrected chi connectivity index (χ0v) is 21.1. The Balaban J connectivity index is 1.71. The third-order valence-electron chi connectivity index (χ3n) is 8.12. The number of thioether (sulfide) groups is 2. The predicted octanol–water partition coefficient (Wildman–Crippen LogP) is 1.99. The molecular formula is C25H26N4O4S2. The average Bonchev–Trinajstić information content (AvgIpc) is 3.52. The van der Waals surface area contributed by atoms with Gasteiger partial charge in [-0.2, -0.15) is 0 Å². The molecule has 2 aromatic carbocycles. The van der Waals surface area contributed by atoms with Gasteiger partial charge in [-0.25, -0.2) is 0 Å². The van der Waals surface area contributed by atoms with Gasteiger partial charge < -0.3 is 25.4 Å². The van der Waals surface area contributed by atoms with E-state index >= 15 is 0 Å². The fourth-order valence-electron chi connectivity index (χ4n) is 6.41. The molecule has 3 aliphatic rings. The highest BCUT2D eigenvalue weighted by atomic mass is 32.2. The lowest BCUT2D eigenvalue weighted by atomic mass is 9.70. The molecule has 182 valence electrons. The summed E-state index contributed by atoms with van der Waals surface area (Å²) in [6.45, 7) is -0.536. The number of hydrogen-bond donors (Lipinski definition) is 4. The number of nitrogens with one attached hydrogen (secondary N) is 2. The number of rotatable bonds is 4. The highest BCUT2D eigenvalue weighted by Gasteiger charge is 2.79. The van der Waals surface area contributed by atoms with Crippen LogP contribution in [0.3, 0.4) is 0 Å². The number of nitrogens with zero attached hydrogens (tertiary/aromatic N) is 2. The zero-order chi connectivity index (χ0) is 24.8. The lowest BCUT2D eigenvalue weighted by Crippen LogP contribution is -2.76. The second kappa shape index (κ2) is 7.42. The van der Waals surface area contributed by atoms with E-state index in [2.05, 4.69) is 10.3 Å². The van der Waals surface area contributed by atoms with Crippen molar-refractivity contribution in [2.24, 2.45) is 0 Å². The van der Waals surface area contributed by atoms with Gasteiger partial charge in [-0.1, -0.05) is 36.4 Å². The van der Waals surface area contributed by atoms with Crippen LogP contribution >= 0.6 is 23.5 Å². The maximum Gasteiger partial charge on any atom is 0.264 e. The van der Waals surface area contributed by atoms with E-state index in [1.54, 1.807) is 12.5 Å². The summed E-state index contributed by atoms with van der Waals surface area (Å²) in [5.74, 6) is -0.816. The van der Waals surface area contributed by atoms with Crippen LogP contribution in [0.2, 0.25) is 0 Å². The van der Waals surface area contributed by atoms with E-state index in [-0.39, 0.29) is 0 Å². The molecule has 0 saturated carbocycles. The van der Waals surface area contributed by atoms with E-state index in [1.807, 2.05) is 54.7 Å². The summed E-state index contributed by atoms with van der Waals surface area (Å²) in [6, 6.07) is 15.5. The first-order valence-electron chi connectivity index (χ1n) is 11.3. The molecule has 3 aromatic rings. The summed E-state index contributed by atoms with van der Waals surface area (Å²) in [5.41, 5.74) is 2.21. The molecule has 0 spiro atoms. The number of H-pyrrole nitrogens is 1. The van der Waals surface area contributed by atoms with Crippen LogP contribution in [0.25, 0.3) is 10.9 Å². The van der Waals surface area contributed by atoms with E-state index in [0.717, 1.165) is 51.2 Å². The smallest absolute Gasteiger partial charge is 0.264 e. The molecule has 1 aromatic heterocycles. The van der Waals surface area contributed by atoms with Crippen LogP contribution in [0.4, 0.5) is 5.69 Å². The number of benzene rings is 2. The van der Waals surface area contributed by atoms with Crippen molar-refractivity contribution in [1.82, 2.24) is 14.8 Å². The van der Waals surface area contributed by atoms with Crippen LogP contribution in [-0.2, 0) is 15.0 Å². The number of hydrogen-bond acceptors (Lipinski definition) is 7. The summed E-state index contributed by atoms with van der Waals surface area (Å²) in [6.07, 6.45) is 3.31. The van der Waals surface area contributed by atoms with E-state index in [4.69, 9.17) is 0 Å². The average molecular weight is 511 g/mol. The number of aromatic nitrogens is 1. The maximum atomic E-state index is 14.3. The number of para-hydroxylation sites is 2. The molecule has 0 aliphatic carbocycles. The normalized spacial score (nSPS) is 33.6. The first-order chi connectivity index (χ1) is 16.9. The summed E-state index contributed by atoms with van der Waals surface area (Å²) in [4.78, 5) is 31.5. The zero-order valence-electron chi connectivity index (χ0n) is 19.5. The van der Waals surface area contributed by atoms with Gasteiger partial charge in [-0.3, -0.25) is 14.5 Å². The van der Waals surface area contributed by atoms with Crippen LogP contribution in [0, 0.1) is 0 Å². The Morgan fingerprint density at radius 2 is 1.71 bits per heavy atom. The van der Waals surface area contributed by atoms with Gasteiger partial charge in [0.05, 0.1) is 12.0 Å². The molecule has 2 amide bonds. The van der Waals surface area contributed by atoms with Gasteiger partial charge in [0.1, 0.15) is 12.3 Å². The molecule has 0 bridgehead atoms. The topological polar surface area (TPSA) is 109 Å². The second-order valence-corrected chi connectivity index (χ2v) is 11.3. The number of piperazine rings is 1. The number of fused-ring (bicyclic) bond motifs is 6. The number of aromatic amines is 1. The molecule has 5 unspecified atom stereocenters. The Kier molecular flexibility index (Phi) is 4.83. The number of amides is 2. The minimum atomic E-state index is -1.58. The van der Waals surface area contributed by atoms with Gasteiger partial charge in [0.2, 0.25) is 0 Å². The minimum absolute atomic E-state index is 0.407. The van der Waals surface area contributed by atoms with Gasteiger partial charge in [-0.15, -0.1) is 23.5 Å². The lowest BCUT2D eigenvalue weighted by Gasteiger charge is -2.53. The monoisotopic (exact) mass is 510 g/mol. The van der Waals surface area contributed by atoms with Crippen molar-refractivity contribution in [3.63, 3.8) is 0 Å². The van der Waals surface area contributed by atoms with Crippen LogP contribution in [0.5, 0.6) is 0 Å². The van der Waals surface area contributed by atoms with Gasteiger partial charge in [0.25, 0.3) is 11.8 Å². The fraction of sp³-hybridized carbons (Fsp3) is 0.360. The molecule has 3 aliphatic heterocycles. The van der Waals surface area contributed by atoms with Crippen molar-refractivity contribution >= 4 is 51.9 Å². The number of aliphatic hydroxyl groups is 2. The molecule has 8 nitrogen and oxygen atoms in total. The van der Waals surface area contributed by atoms with E-state index < -0.39 is 45.8 Å². The maximum absolute atomic E-state index is 14.3. The standard InChI is InChI=1S/C25H26N4O4S2/c1-28-22(33)25(35-3)19(31)24(16-12-26-17-10-6-4-8-14(16)17)15-9-5-7-11-18(15)27-20(24)29(25)21(32)23(28,13-30)34-2/h4-12,19-20,26-27,30-31H,13H2,1-3H3. The number of carbonyl (C=O) groups excluding carboxylic acids is 2. The van der Waals surface area contributed by atoms with Crippen molar-refractivity contribution in [2.45, 2.75) is 27.4 Å². The molecule has 6 rings (SSSR count). The van der Waals surface area contributed by atoms with E-state index in [9.17, 15) is 19.8 Å². The molecule has 10 heteroatoms. The Labute approximate surface area is 211 Å². The van der Waals surface area contributed by atoms with Gasteiger partial charge in [0, 0.05) is 29.8 Å². The van der Waals surface area contributed by atoms with Crippen molar-refractivity contribution in [2.75, 3.05) is 31.5 Å². The Bertz CT molecular complexity index is 1370. The Hall–Kier alpha value is -2.66. The molecule has 5 atom stereocenters. The molecule has 35 heavy (non-hydrogen) atoms. The van der Waals surface area contributed by atoms with Crippen molar-refractivity contribution < 1.29 is 19.8 Å². The molecule has 2 fully saturated rings. The fourth-order valence-corrected chi connectivity index (χ4v) is 8.28. The van der Waals surface area contributed by atoms with Crippen molar-refractivity contribution in [1.29, 1.82) is 0 Å². The Morgan fingerprint density at radius 3 is 2.43 bits per heavy atom. The molecule has 0 radical (unpaired) electrons. The first-order valence-corrected chi connectivity index (χ1v) is 13.7. The highest BCUT2D eigenvalue weighted by molar-refractivity contribution is 8.01. The van der Waals surface area contributed by atoms with E-state index in [0.29, 0.717) is 0 Å². The highest BCUT2D eigenvalue weighted by Crippen LogP contribution is 2.63. The predicted molar refractivity (Wildman–Crippen MR) is 138 cm³/mol. The summed E-state index contributed by atoms with van der Waals surface area (Å²) >= 11 is 2.29. The van der Waals surface area contributed by atoms with Crippen LogP contribution < -0.4 is 5.32 Å². The number of likely N-dealkylation sites (N-methyl/N-ethyl adjacent to an activating group) is 1. The van der Waals surface area contributed by atoms with Gasteiger partial charge in [-0.05, 0) is 35.8 Å². The number of anilines is 1. The third kappa shape index (κ3) is 2.34. The molecule has 4 heterocycles. The SMILES string of the molecule is CSC1(CO)C(=O)N2C3Nc4ccccc4C3(c3c[nH]c4ccccc34)C(O)C2(SC)C(=O)N1C. The molecular weight excluding hydrogens is 484 g/mol. The quantitative estimate of drug-likeness (QED) is 0.425. The Morgan fingerprint density at radius 1 is 1.00 bits per heavy atom. The molecule has 4 N–H and O–H groups in total. The number of carbonyl (C=O) groups is 2. The van der Waals surface area contributed by atoms with Crippen LogP contribution in [0.1, 0.15) is 11.1 Å². The second-order valence-electron chi connectivity index (χ2n) is 9.20. The minimum Gasteiger partial charge on any atom is -0.392 e. The van der Waals surface area contributed by atoms with Crippen molar-refractivity contribution in [3.05, 3.63) is 65.9 Å². The third-order valence-corrected chi connectivity index (χ3v) is 10.6. The van der Waals surface area contributed by atoms with Crippen LogP contribution in [0.15, 0.2) is 54.7 Å². The lowest BCUT2D eigenvalue weighted by molar-refractivity contribution is -0.168. The summed E-state index contributed by atoms with van der Waals surface area (Å²) in [5, 5.41) is 27.2. The molecule has 2 saturated heterocycles.